The molecular formula is C17H19N3O2. The molecule has 0 bridgehead atoms. The summed E-state index contributed by atoms with van der Waals surface area (Å²) in [6.07, 6.45) is 0.793. The van der Waals surface area contributed by atoms with Crippen molar-refractivity contribution in [3.8, 4) is 17.6 Å². The van der Waals surface area contributed by atoms with Gasteiger partial charge >= 0.3 is 0 Å². The minimum atomic E-state index is 0.554. The van der Waals surface area contributed by atoms with Gasteiger partial charge in [0, 0.05) is 12.2 Å². The van der Waals surface area contributed by atoms with E-state index >= 15 is 0 Å². The smallest absolute Gasteiger partial charge is 0.160 e. The number of hydrogen-bond acceptors (Lipinski definition) is 5. The number of nitrogens with zero attached hydrogens (tertiary/aromatic N) is 2. The minimum Gasteiger partial charge on any atom is -0.493 e. The first-order chi connectivity index (χ1) is 10.7. The molecule has 0 amide bonds. The molecule has 5 nitrogen and oxygen atoms in total. The Labute approximate surface area is 130 Å². The van der Waals surface area contributed by atoms with E-state index in [1.165, 1.54) is 0 Å². The fraction of sp³-hybridized carbons (Fsp3) is 0.294. The lowest BCUT2D eigenvalue weighted by Crippen LogP contribution is -2.08. The predicted octanol–water partition coefficient (Wildman–Crippen LogP) is 2.93. The largest absolute Gasteiger partial charge is 0.493 e. The van der Waals surface area contributed by atoms with Gasteiger partial charge in [-0.15, -0.1) is 0 Å². The molecule has 0 aliphatic rings. The molecule has 0 unspecified atom stereocenters. The molecule has 0 spiro atoms. The van der Waals surface area contributed by atoms with Gasteiger partial charge in [0.05, 0.1) is 19.8 Å². The molecule has 22 heavy (non-hydrogen) atoms. The van der Waals surface area contributed by atoms with Crippen LogP contribution in [0.3, 0.4) is 0 Å². The van der Waals surface area contributed by atoms with Gasteiger partial charge in [-0.2, -0.15) is 5.26 Å². The first-order valence-corrected chi connectivity index (χ1v) is 7.00. The van der Waals surface area contributed by atoms with Gasteiger partial charge in [-0.3, -0.25) is 0 Å². The monoisotopic (exact) mass is 297 g/mol. The molecule has 0 atom stereocenters. The average Bonchev–Trinajstić information content (AvgIpc) is 2.55. The number of aryl methyl sites for hydroxylation is 1. The molecule has 1 heterocycles. The fourth-order valence-electron chi connectivity index (χ4n) is 2.14. The summed E-state index contributed by atoms with van der Waals surface area (Å²) in [5.74, 6) is 2.06. The minimum absolute atomic E-state index is 0.554. The lowest BCUT2D eigenvalue weighted by molar-refractivity contribution is 0.354. The zero-order valence-electron chi connectivity index (χ0n) is 13.0. The topological polar surface area (TPSA) is 67.2 Å². The van der Waals surface area contributed by atoms with Crippen molar-refractivity contribution in [1.29, 1.82) is 5.26 Å². The van der Waals surface area contributed by atoms with Crippen LogP contribution < -0.4 is 14.8 Å². The standard InChI is InChI=1S/C17H19N3O2/c1-12-4-6-14(11-18)17(20-12)19-9-8-13-5-7-15(21-2)16(10-13)22-3/h4-7,10H,8-9H2,1-3H3,(H,19,20). The van der Waals surface area contributed by atoms with Crippen molar-refractivity contribution in [1.82, 2.24) is 4.98 Å². The number of aromatic nitrogens is 1. The fourth-order valence-corrected chi connectivity index (χ4v) is 2.14. The first kappa shape index (κ1) is 15.6. The molecule has 0 saturated heterocycles. The van der Waals surface area contributed by atoms with Gasteiger partial charge in [0.25, 0.3) is 0 Å². The van der Waals surface area contributed by atoms with Crippen LogP contribution in [-0.4, -0.2) is 25.7 Å². The van der Waals surface area contributed by atoms with Gasteiger partial charge in [0.2, 0.25) is 0 Å². The summed E-state index contributed by atoms with van der Waals surface area (Å²) in [4.78, 5) is 4.36. The summed E-state index contributed by atoms with van der Waals surface area (Å²) in [5.41, 5.74) is 2.56. The summed E-state index contributed by atoms with van der Waals surface area (Å²) < 4.78 is 10.5. The molecule has 0 fully saturated rings. The number of pyridine rings is 1. The molecule has 5 heteroatoms. The lowest BCUT2D eigenvalue weighted by atomic mass is 10.1. The SMILES string of the molecule is COc1ccc(CCNc2nc(C)ccc2C#N)cc1OC. The van der Waals surface area contributed by atoms with Crippen LogP contribution in [-0.2, 0) is 6.42 Å². The maximum atomic E-state index is 9.09. The molecule has 0 aliphatic heterocycles. The quantitative estimate of drug-likeness (QED) is 0.888. The molecule has 0 saturated carbocycles. The summed E-state index contributed by atoms with van der Waals surface area (Å²) in [6, 6.07) is 11.6. The molecule has 114 valence electrons. The summed E-state index contributed by atoms with van der Waals surface area (Å²) >= 11 is 0. The van der Waals surface area contributed by atoms with Crippen LogP contribution in [0.2, 0.25) is 0 Å². The van der Waals surface area contributed by atoms with Crippen LogP contribution in [0.5, 0.6) is 11.5 Å². The second kappa shape index (κ2) is 7.32. The Bertz CT molecular complexity index is 693. The van der Waals surface area contributed by atoms with E-state index in [2.05, 4.69) is 16.4 Å². The van der Waals surface area contributed by atoms with Crippen LogP contribution in [0.4, 0.5) is 5.82 Å². The molecule has 0 radical (unpaired) electrons. The third-order valence-electron chi connectivity index (χ3n) is 3.31. The van der Waals surface area contributed by atoms with E-state index in [1.54, 1.807) is 20.3 Å². The Morgan fingerprint density at radius 1 is 1.14 bits per heavy atom. The molecular weight excluding hydrogens is 278 g/mol. The number of nitriles is 1. The van der Waals surface area contributed by atoms with Crippen molar-refractivity contribution in [2.24, 2.45) is 0 Å². The highest BCUT2D eigenvalue weighted by atomic mass is 16.5. The highest BCUT2D eigenvalue weighted by Gasteiger charge is 2.06. The van der Waals surface area contributed by atoms with Gasteiger partial charge in [-0.05, 0) is 43.2 Å². The highest BCUT2D eigenvalue weighted by Crippen LogP contribution is 2.27. The van der Waals surface area contributed by atoms with Crippen molar-refractivity contribution in [3.05, 3.63) is 47.2 Å². The van der Waals surface area contributed by atoms with Crippen LogP contribution in [0, 0.1) is 18.3 Å². The second-order valence-electron chi connectivity index (χ2n) is 4.83. The number of methoxy groups -OCH3 is 2. The highest BCUT2D eigenvalue weighted by molar-refractivity contribution is 5.52. The van der Waals surface area contributed by atoms with E-state index in [-0.39, 0.29) is 0 Å². The molecule has 1 aromatic carbocycles. The maximum Gasteiger partial charge on any atom is 0.160 e. The molecule has 0 aliphatic carbocycles. The second-order valence-corrected chi connectivity index (χ2v) is 4.83. The van der Waals surface area contributed by atoms with Crippen molar-refractivity contribution in [3.63, 3.8) is 0 Å². The van der Waals surface area contributed by atoms with Crippen LogP contribution in [0.15, 0.2) is 30.3 Å². The first-order valence-electron chi connectivity index (χ1n) is 7.00. The third kappa shape index (κ3) is 3.67. The molecule has 2 aromatic rings. The summed E-state index contributed by atoms with van der Waals surface area (Å²) in [7, 11) is 3.24. The Balaban J connectivity index is 2.03. The van der Waals surface area contributed by atoms with E-state index in [0.29, 0.717) is 29.4 Å². The zero-order valence-corrected chi connectivity index (χ0v) is 13.0. The van der Waals surface area contributed by atoms with E-state index in [1.807, 2.05) is 31.2 Å². The molecule has 2 rings (SSSR count). The van der Waals surface area contributed by atoms with Gasteiger partial charge in [-0.1, -0.05) is 6.07 Å². The molecule has 1 aromatic heterocycles. The Morgan fingerprint density at radius 3 is 2.59 bits per heavy atom. The number of benzene rings is 1. The van der Waals surface area contributed by atoms with Gasteiger partial charge in [0.15, 0.2) is 11.5 Å². The van der Waals surface area contributed by atoms with E-state index < -0.39 is 0 Å². The predicted molar refractivity (Wildman–Crippen MR) is 85.4 cm³/mol. The summed E-state index contributed by atoms with van der Waals surface area (Å²) in [5, 5.41) is 12.3. The van der Waals surface area contributed by atoms with E-state index in [4.69, 9.17) is 14.7 Å². The van der Waals surface area contributed by atoms with Gasteiger partial charge in [0.1, 0.15) is 11.9 Å². The Hall–Kier alpha value is -2.74. The average molecular weight is 297 g/mol. The Morgan fingerprint density at radius 2 is 1.91 bits per heavy atom. The number of ether oxygens (including phenoxy) is 2. The van der Waals surface area contributed by atoms with Crippen molar-refractivity contribution < 1.29 is 9.47 Å². The van der Waals surface area contributed by atoms with Crippen molar-refractivity contribution in [2.45, 2.75) is 13.3 Å². The number of rotatable bonds is 6. The number of hydrogen-bond donors (Lipinski definition) is 1. The van der Waals surface area contributed by atoms with Crippen LogP contribution in [0.1, 0.15) is 16.8 Å². The van der Waals surface area contributed by atoms with Crippen LogP contribution >= 0.6 is 0 Å². The number of nitrogens with one attached hydrogen (secondary N) is 1. The normalized spacial score (nSPS) is 9.91. The maximum absolute atomic E-state index is 9.09. The van der Waals surface area contributed by atoms with E-state index in [0.717, 1.165) is 17.7 Å². The summed E-state index contributed by atoms with van der Waals surface area (Å²) in [6.45, 7) is 2.58. The zero-order chi connectivity index (χ0) is 15.9. The van der Waals surface area contributed by atoms with Gasteiger partial charge < -0.3 is 14.8 Å². The lowest BCUT2D eigenvalue weighted by Gasteiger charge is -2.11. The van der Waals surface area contributed by atoms with Crippen molar-refractivity contribution >= 4 is 5.82 Å². The van der Waals surface area contributed by atoms with E-state index in [9.17, 15) is 0 Å². The Kier molecular flexibility index (Phi) is 5.21. The number of anilines is 1. The molecule has 1 N–H and O–H groups in total. The third-order valence-corrected chi connectivity index (χ3v) is 3.31. The van der Waals surface area contributed by atoms with Crippen molar-refractivity contribution in [2.75, 3.05) is 26.1 Å². The van der Waals surface area contributed by atoms with Crippen LogP contribution in [0.25, 0.3) is 0 Å². The van der Waals surface area contributed by atoms with Gasteiger partial charge in [-0.25, -0.2) is 4.98 Å².